The molecule has 4 rings (SSSR count). The predicted octanol–water partition coefficient (Wildman–Crippen LogP) is 4.90. The number of carboxylic acids is 1. The number of hydrogen-bond acceptors (Lipinski definition) is 8. The summed E-state index contributed by atoms with van der Waals surface area (Å²) in [6.07, 6.45) is 2.64. The molecule has 5 atom stereocenters. The van der Waals surface area contributed by atoms with E-state index >= 15 is 4.39 Å². The lowest BCUT2D eigenvalue weighted by Gasteiger charge is -2.38. The fraction of sp³-hybridized carbons (Fsp3) is 0.586. The Morgan fingerprint density at radius 1 is 1.18 bits per heavy atom. The van der Waals surface area contributed by atoms with E-state index in [-0.39, 0.29) is 42.3 Å². The van der Waals surface area contributed by atoms with Crippen molar-refractivity contribution in [2.24, 2.45) is 11.8 Å². The van der Waals surface area contributed by atoms with Crippen molar-refractivity contribution in [2.45, 2.75) is 51.4 Å². The molecular formula is C29H39ClFN3O6. The Balaban J connectivity index is 1.42. The first-order valence-corrected chi connectivity index (χ1v) is 14.1. The Morgan fingerprint density at radius 3 is 2.65 bits per heavy atom. The number of benzene rings is 1. The van der Waals surface area contributed by atoms with Crippen LogP contribution in [0.2, 0.25) is 5.15 Å². The van der Waals surface area contributed by atoms with Crippen molar-refractivity contribution >= 4 is 28.9 Å². The molecular weight excluding hydrogens is 541 g/mol. The molecule has 9 nitrogen and oxygen atoms in total. The molecule has 11 heteroatoms. The van der Waals surface area contributed by atoms with Gasteiger partial charge in [-0.2, -0.15) is 0 Å². The number of hydrogen-bond donors (Lipinski definition) is 1. The average Bonchev–Trinajstić information content (AvgIpc) is 3.23. The lowest BCUT2D eigenvalue weighted by molar-refractivity contribution is -0.137. The minimum absolute atomic E-state index is 0.0306. The highest BCUT2D eigenvalue weighted by molar-refractivity contribution is 6.32. The molecule has 1 N–H and O–H groups in total. The summed E-state index contributed by atoms with van der Waals surface area (Å²) in [5.41, 5.74) is 1.42. The molecule has 2 aromatic rings. The molecule has 1 aromatic heterocycles. The largest absolute Gasteiger partial charge is 0.495 e. The number of aliphatic carboxylic acids is 1. The first-order valence-electron chi connectivity index (χ1n) is 13.7. The number of ether oxygens (including phenoxy) is 4. The van der Waals surface area contributed by atoms with Crippen LogP contribution in [0.5, 0.6) is 11.5 Å². The number of aromatic nitrogens is 1. The minimum atomic E-state index is -0.895. The van der Waals surface area contributed by atoms with Gasteiger partial charge in [0.15, 0.2) is 16.7 Å². The molecule has 2 aliphatic heterocycles. The summed E-state index contributed by atoms with van der Waals surface area (Å²) in [7, 11) is 3.23. The maximum Gasteiger partial charge on any atom is 0.305 e. The third kappa shape index (κ3) is 7.08. The number of pyridine rings is 1. The number of rotatable bonds is 12. The van der Waals surface area contributed by atoms with Crippen molar-refractivity contribution in [1.29, 1.82) is 0 Å². The van der Waals surface area contributed by atoms with Gasteiger partial charge in [0.2, 0.25) is 0 Å². The molecule has 1 aromatic carbocycles. The number of carbonyl (C=O) groups is 1. The van der Waals surface area contributed by atoms with E-state index in [2.05, 4.69) is 16.8 Å². The Morgan fingerprint density at radius 2 is 1.98 bits per heavy atom. The van der Waals surface area contributed by atoms with E-state index in [0.717, 1.165) is 12.1 Å². The molecule has 2 unspecified atom stereocenters. The Bertz CT molecular complexity index is 1160. The van der Waals surface area contributed by atoms with Crippen LogP contribution in [0.4, 0.5) is 15.8 Å². The van der Waals surface area contributed by atoms with E-state index in [4.69, 9.17) is 30.5 Å². The van der Waals surface area contributed by atoms with Crippen LogP contribution in [-0.2, 0) is 14.3 Å². The van der Waals surface area contributed by atoms with Crippen LogP contribution < -0.4 is 19.3 Å². The maximum atomic E-state index is 15.4. The number of halogens is 2. The molecule has 0 amide bonds. The topological polar surface area (TPSA) is 93.6 Å². The van der Waals surface area contributed by atoms with Crippen LogP contribution in [0, 0.1) is 17.7 Å². The Labute approximate surface area is 240 Å². The molecule has 0 bridgehead atoms. The SMILES string of the molecule is COCCCO[C@H]1CN(c2ccc(OC3CCN(c4cc(OC)cnc4Cl)CC3C)c(F)c2)[C@@H](CC(=O)O)[C@@H]1C. The van der Waals surface area contributed by atoms with Gasteiger partial charge in [0.25, 0.3) is 0 Å². The fourth-order valence-electron chi connectivity index (χ4n) is 5.64. The molecule has 2 aliphatic rings. The van der Waals surface area contributed by atoms with E-state index in [0.29, 0.717) is 55.9 Å². The quantitative estimate of drug-likeness (QED) is 0.278. The molecule has 0 spiro atoms. The second-order valence-electron chi connectivity index (χ2n) is 10.6. The number of methoxy groups -OCH3 is 2. The first-order chi connectivity index (χ1) is 19.2. The number of nitrogens with zero attached hydrogens (tertiary/aromatic N) is 3. The highest BCUT2D eigenvalue weighted by Gasteiger charge is 2.41. The van der Waals surface area contributed by atoms with Crippen LogP contribution in [0.3, 0.4) is 0 Å². The normalized spacial score (nSPS) is 24.8. The minimum Gasteiger partial charge on any atom is -0.495 e. The van der Waals surface area contributed by atoms with Gasteiger partial charge in [-0.05, 0) is 18.6 Å². The van der Waals surface area contributed by atoms with Crippen molar-refractivity contribution in [3.63, 3.8) is 0 Å². The number of piperidine rings is 1. The first kappa shape index (κ1) is 30.1. The van der Waals surface area contributed by atoms with Gasteiger partial charge in [-0.3, -0.25) is 4.79 Å². The van der Waals surface area contributed by atoms with Crippen molar-refractivity contribution in [1.82, 2.24) is 4.98 Å². The summed E-state index contributed by atoms with van der Waals surface area (Å²) in [6, 6.07) is 6.44. The van der Waals surface area contributed by atoms with E-state index in [1.807, 2.05) is 17.9 Å². The predicted molar refractivity (Wildman–Crippen MR) is 151 cm³/mol. The molecule has 40 heavy (non-hydrogen) atoms. The van der Waals surface area contributed by atoms with Gasteiger partial charge in [0.05, 0.1) is 31.5 Å². The summed E-state index contributed by atoms with van der Waals surface area (Å²) in [4.78, 5) is 19.9. The van der Waals surface area contributed by atoms with Gasteiger partial charge in [-0.15, -0.1) is 0 Å². The van der Waals surface area contributed by atoms with Crippen LogP contribution >= 0.6 is 11.6 Å². The molecule has 3 heterocycles. The van der Waals surface area contributed by atoms with Gasteiger partial charge in [-0.25, -0.2) is 9.37 Å². The second kappa shape index (κ2) is 13.7. The summed E-state index contributed by atoms with van der Waals surface area (Å²) >= 11 is 6.34. The molecule has 0 radical (unpaired) electrons. The van der Waals surface area contributed by atoms with Crippen molar-refractivity contribution in [3.05, 3.63) is 41.4 Å². The van der Waals surface area contributed by atoms with Gasteiger partial charge in [0.1, 0.15) is 11.9 Å². The maximum absolute atomic E-state index is 15.4. The lowest BCUT2D eigenvalue weighted by Crippen LogP contribution is -2.44. The van der Waals surface area contributed by atoms with E-state index in [1.165, 1.54) is 6.07 Å². The smallest absolute Gasteiger partial charge is 0.305 e. The van der Waals surface area contributed by atoms with Crippen molar-refractivity contribution < 1.29 is 33.2 Å². The summed E-state index contributed by atoms with van der Waals surface area (Å²) in [5, 5.41) is 9.94. The van der Waals surface area contributed by atoms with E-state index in [1.54, 1.807) is 32.5 Å². The van der Waals surface area contributed by atoms with Gasteiger partial charge in [-0.1, -0.05) is 25.4 Å². The molecule has 0 aliphatic carbocycles. The van der Waals surface area contributed by atoms with Crippen LogP contribution in [-0.4, -0.2) is 81.4 Å². The Hall–Kier alpha value is -2.82. The average molecular weight is 580 g/mol. The van der Waals surface area contributed by atoms with Crippen LogP contribution in [0.1, 0.15) is 33.1 Å². The zero-order valence-electron chi connectivity index (χ0n) is 23.5. The molecule has 2 saturated heterocycles. The fourth-order valence-corrected chi connectivity index (χ4v) is 5.86. The van der Waals surface area contributed by atoms with E-state index in [9.17, 15) is 9.90 Å². The Kier molecular flexibility index (Phi) is 10.3. The van der Waals surface area contributed by atoms with Crippen molar-refractivity contribution in [3.8, 4) is 11.5 Å². The summed E-state index contributed by atoms with van der Waals surface area (Å²) in [5.74, 6) is -0.478. The number of anilines is 2. The summed E-state index contributed by atoms with van der Waals surface area (Å²) in [6.45, 7) is 7.02. The standard InChI is InChI=1S/C29H39ClFN3O6/c1-18-16-33(24-13-21(38-4)15-32-29(24)30)9-8-25(18)40-26-7-6-20(12-22(26)31)34-17-27(39-11-5-10-37-3)19(2)23(34)14-28(35)36/h6-7,12-13,15,18-19,23,25,27H,5,8-11,14,16-17H2,1-4H3,(H,35,36)/t18?,19-,23-,25?,27-/m0/s1. The monoisotopic (exact) mass is 579 g/mol. The van der Waals surface area contributed by atoms with Gasteiger partial charge >= 0.3 is 5.97 Å². The van der Waals surface area contributed by atoms with E-state index < -0.39 is 11.8 Å². The third-order valence-electron chi connectivity index (χ3n) is 7.90. The highest BCUT2D eigenvalue weighted by Crippen LogP contribution is 2.37. The molecule has 0 saturated carbocycles. The second-order valence-corrected chi connectivity index (χ2v) is 11.0. The van der Waals surface area contributed by atoms with Gasteiger partial charge in [0, 0.05) is 82.1 Å². The number of carboxylic acid groups (broad SMARTS) is 1. The van der Waals surface area contributed by atoms with Crippen LogP contribution in [0.15, 0.2) is 30.5 Å². The molecule has 2 fully saturated rings. The lowest BCUT2D eigenvalue weighted by atomic mass is 9.96. The highest BCUT2D eigenvalue weighted by atomic mass is 35.5. The molecule has 220 valence electrons. The van der Waals surface area contributed by atoms with Gasteiger partial charge < -0.3 is 33.9 Å². The third-order valence-corrected chi connectivity index (χ3v) is 8.19. The zero-order chi connectivity index (χ0) is 28.8. The zero-order valence-corrected chi connectivity index (χ0v) is 24.3. The van der Waals surface area contributed by atoms with Crippen LogP contribution in [0.25, 0.3) is 0 Å². The summed E-state index contributed by atoms with van der Waals surface area (Å²) < 4.78 is 38.0. The van der Waals surface area contributed by atoms with Crippen molar-refractivity contribution in [2.75, 3.05) is 56.9 Å².